The van der Waals surface area contributed by atoms with Gasteiger partial charge in [0.15, 0.2) is 12.4 Å². The van der Waals surface area contributed by atoms with E-state index in [9.17, 15) is 37.9 Å². The van der Waals surface area contributed by atoms with Crippen LogP contribution in [0.1, 0.15) is 194 Å². The number of aliphatic hydroxyl groups is 3. The van der Waals surface area contributed by atoms with Crippen LogP contribution in [0, 0.1) is 0 Å². The number of rotatable bonds is 37. The molecule has 0 bridgehead atoms. The molecule has 0 spiro atoms. The van der Waals surface area contributed by atoms with E-state index >= 15 is 0 Å². The number of allylic oxidation sites excluding steroid dienone is 2. The Kier molecular flexibility index (Phi) is 32.1. The number of hydrogen-bond donors (Lipinski definition) is 4. The molecule has 0 aromatic carbocycles. The molecule has 13 heteroatoms. The highest BCUT2D eigenvalue weighted by molar-refractivity contribution is 7.85. The van der Waals surface area contributed by atoms with Crippen LogP contribution < -0.4 is 0 Å². The van der Waals surface area contributed by atoms with Crippen LogP contribution in [0.2, 0.25) is 0 Å². The van der Waals surface area contributed by atoms with Crippen molar-refractivity contribution in [1.82, 2.24) is 0 Å². The first kappa shape index (κ1) is 52.4. The van der Waals surface area contributed by atoms with Crippen molar-refractivity contribution in [2.75, 3.05) is 19.0 Å². The van der Waals surface area contributed by atoms with E-state index in [0.29, 0.717) is 12.8 Å². The molecule has 0 saturated carbocycles. The molecule has 4 N–H and O–H groups in total. The predicted molar refractivity (Wildman–Crippen MR) is 220 cm³/mol. The van der Waals surface area contributed by atoms with Crippen molar-refractivity contribution in [3.63, 3.8) is 0 Å². The Labute approximate surface area is 339 Å². The summed E-state index contributed by atoms with van der Waals surface area (Å²) >= 11 is 0. The van der Waals surface area contributed by atoms with Gasteiger partial charge in [0.25, 0.3) is 10.1 Å². The lowest BCUT2D eigenvalue weighted by Crippen LogP contribution is -2.60. The number of aliphatic hydroxyl groups excluding tert-OH is 3. The van der Waals surface area contributed by atoms with E-state index in [0.717, 1.165) is 38.5 Å². The molecule has 6 atom stereocenters. The van der Waals surface area contributed by atoms with Crippen LogP contribution in [-0.2, 0) is 38.7 Å². The van der Waals surface area contributed by atoms with E-state index in [1.165, 1.54) is 116 Å². The number of esters is 2. The Morgan fingerprint density at radius 3 is 1.50 bits per heavy atom. The van der Waals surface area contributed by atoms with Gasteiger partial charge in [-0.1, -0.05) is 154 Å². The molecule has 56 heavy (non-hydrogen) atoms. The van der Waals surface area contributed by atoms with E-state index in [-0.39, 0.29) is 19.4 Å². The summed E-state index contributed by atoms with van der Waals surface area (Å²) in [4.78, 5) is 25.3. The van der Waals surface area contributed by atoms with Gasteiger partial charge in [-0.05, 0) is 38.5 Å². The largest absolute Gasteiger partial charge is 0.462 e. The molecule has 0 aromatic rings. The molecular weight excluding hydrogens is 741 g/mol. The quantitative estimate of drug-likeness (QED) is 0.0203. The maximum Gasteiger partial charge on any atom is 0.306 e. The van der Waals surface area contributed by atoms with Gasteiger partial charge < -0.3 is 34.3 Å². The van der Waals surface area contributed by atoms with Gasteiger partial charge in [-0.15, -0.1) is 0 Å². The predicted octanol–water partition coefficient (Wildman–Crippen LogP) is 8.67. The molecule has 0 amide bonds. The number of ether oxygens (including phenoxy) is 4. The van der Waals surface area contributed by atoms with Crippen molar-refractivity contribution >= 4 is 22.1 Å². The van der Waals surface area contributed by atoms with Crippen molar-refractivity contribution in [2.45, 2.75) is 230 Å². The summed E-state index contributed by atoms with van der Waals surface area (Å²) in [5.41, 5.74) is 0. The van der Waals surface area contributed by atoms with E-state index in [4.69, 9.17) is 18.9 Å². The van der Waals surface area contributed by atoms with Crippen LogP contribution in [0.4, 0.5) is 0 Å². The molecule has 1 heterocycles. The van der Waals surface area contributed by atoms with Crippen LogP contribution in [0.15, 0.2) is 12.2 Å². The van der Waals surface area contributed by atoms with E-state index in [1.54, 1.807) is 0 Å². The first-order chi connectivity index (χ1) is 27.0. The second-order valence-corrected chi connectivity index (χ2v) is 17.2. The van der Waals surface area contributed by atoms with Crippen LogP contribution in [-0.4, -0.2) is 96.0 Å². The Balaban J connectivity index is 2.42. The van der Waals surface area contributed by atoms with Crippen molar-refractivity contribution in [3.8, 4) is 0 Å². The summed E-state index contributed by atoms with van der Waals surface area (Å²) in [6.07, 6.45) is 25.5. The van der Waals surface area contributed by atoms with Gasteiger partial charge in [-0.3, -0.25) is 14.1 Å². The third-order valence-electron chi connectivity index (χ3n) is 10.3. The minimum absolute atomic E-state index is 0.169. The highest BCUT2D eigenvalue weighted by Crippen LogP contribution is 2.24. The smallest absolute Gasteiger partial charge is 0.306 e. The molecule has 0 aromatic heterocycles. The van der Waals surface area contributed by atoms with Gasteiger partial charge in [-0.25, -0.2) is 0 Å². The molecule has 0 aliphatic carbocycles. The molecule has 1 aliphatic rings. The third kappa shape index (κ3) is 28.7. The van der Waals surface area contributed by atoms with Gasteiger partial charge in [0.1, 0.15) is 36.8 Å². The summed E-state index contributed by atoms with van der Waals surface area (Å²) < 4.78 is 54.0. The molecular formula is C43H80O12S. The molecule has 1 fully saturated rings. The van der Waals surface area contributed by atoms with Crippen molar-refractivity contribution in [3.05, 3.63) is 12.2 Å². The summed E-state index contributed by atoms with van der Waals surface area (Å²) in [6, 6.07) is 0. The average Bonchev–Trinajstić information content (AvgIpc) is 3.16. The molecule has 1 aliphatic heterocycles. The zero-order valence-corrected chi connectivity index (χ0v) is 35.8. The monoisotopic (exact) mass is 821 g/mol. The topological polar surface area (TPSA) is 186 Å². The molecule has 2 unspecified atom stereocenters. The Morgan fingerprint density at radius 2 is 1.02 bits per heavy atom. The minimum atomic E-state index is -4.60. The van der Waals surface area contributed by atoms with Gasteiger partial charge in [0, 0.05) is 12.8 Å². The highest BCUT2D eigenvalue weighted by atomic mass is 32.2. The Morgan fingerprint density at radius 1 is 0.589 bits per heavy atom. The maximum absolute atomic E-state index is 12.8. The molecule has 1 rings (SSSR count). The van der Waals surface area contributed by atoms with E-state index < -0.39 is 71.2 Å². The first-order valence-corrected chi connectivity index (χ1v) is 23.9. The Hall–Kier alpha value is -1.61. The molecule has 0 radical (unpaired) electrons. The van der Waals surface area contributed by atoms with Crippen LogP contribution in [0.5, 0.6) is 0 Å². The number of hydrogen-bond acceptors (Lipinski definition) is 11. The van der Waals surface area contributed by atoms with Crippen LogP contribution in [0.25, 0.3) is 0 Å². The van der Waals surface area contributed by atoms with E-state index in [2.05, 4.69) is 26.0 Å². The average molecular weight is 821 g/mol. The van der Waals surface area contributed by atoms with Gasteiger partial charge in [0.2, 0.25) is 0 Å². The lowest BCUT2D eigenvalue weighted by molar-refractivity contribution is -0.297. The first-order valence-electron chi connectivity index (χ1n) is 22.2. The highest BCUT2D eigenvalue weighted by Gasteiger charge is 2.46. The number of carbonyl (C=O) groups is 2. The Bertz CT molecular complexity index is 1100. The fourth-order valence-electron chi connectivity index (χ4n) is 6.85. The summed E-state index contributed by atoms with van der Waals surface area (Å²) in [6.45, 7) is 3.74. The fourth-order valence-corrected chi connectivity index (χ4v) is 7.54. The van der Waals surface area contributed by atoms with Gasteiger partial charge >= 0.3 is 11.9 Å². The van der Waals surface area contributed by atoms with Crippen molar-refractivity contribution < 1.29 is 56.8 Å². The lowest BCUT2D eigenvalue weighted by atomic mass is 10.00. The molecule has 12 nitrogen and oxygen atoms in total. The number of unbranched alkanes of at least 4 members (excludes halogenated alkanes) is 23. The summed E-state index contributed by atoms with van der Waals surface area (Å²) in [5, 5.41) is 30.8. The van der Waals surface area contributed by atoms with Gasteiger partial charge in [0.05, 0.1) is 6.61 Å². The zero-order valence-electron chi connectivity index (χ0n) is 35.0. The summed E-state index contributed by atoms with van der Waals surface area (Å²) in [7, 11) is -4.60. The van der Waals surface area contributed by atoms with Crippen molar-refractivity contribution in [1.29, 1.82) is 0 Å². The normalized spacial score (nSPS) is 20.7. The minimum Gasteiger partial charge on any atom is -0.462 e. The zero-order chi connectivity index (χ0) is 41.3. The van der Waals surface area contributed by atoms with Crippen LogP contribution in [0.3, 0.4) is 0 Å². The second kappa shape index (κ2) is 34.3. The fraction of sp³-hybridized carbons (Fsp3) is 0.907. The number of carbonyl (C=O) groups excluding carboxylic acids is 2. The third-order valence-corrected chi connectivity index (χ3v) is 11.1. The SMILES string of the molecule is CCCCCC/C=C/CCCCCCCCCCCC(=O)OC[C@H](CO[C@H]1O[C@H](CS(=O)(=O)O)[C@@H](O)C(O)C1O)OC(=O)CCCCCCCCCCCCC. The van der Waals surface area contributed by atoms with Crippen LogP contribution >= 0.6 is 0 Å². The molecule has 330 valence electrons. The standard InChI is InChI=1S/C43H80O12S/c1-3-5-7-9-11-13-15-16-17-18-19-20-22-23-25-27-29-31-38(44)52-33-36(54-39(45)32-30-28-26-24-21-14-12-10-8-6-4-2)34-53-43-42(48)41(47)40(46)37(55-43)35-56(49,50)51/h13,15,36-37,40-43,46-48H,3-12,14,16-35H2,1-2H3,(H,49,50,51)/b15-13+/t36-,37-,40-,41?,42?,43+/m1/s1. The van der Waals surface area contributed by atoms with Crippen molar-refractivity contribution in [2.24, 2.45) is 0 Å². The van der Waals surface area contributed by atoms with Gasteiger partial charge in [-0.2, -0.15) is 8.42 Å². The summed E-state index contributed by atoms with van der Waals surface area (Å²) in [5.74, 6) is -1.97. The van der Waals surface area contributed by atoms with E-state index in [1.807, 2.05) is 0 Å². The lowest BCUT2D eigenvalue weighted by Gasteiger charge is -2.40. The molecule has 1 saturated heterocycles. The maximum atomic E-state index is 12.8. The second-order valence-electron chi connectivity index (χ2n) is 15.7.